The fraction of sp³-hybridized carbons (Fsp3) is 0.167. The van der Waals surface area contributed by atoms with Crippen LogP contribution in [-0.4, -0.2) is 16.0 Å². The lowest BCUT2D eigenvalue weighted by atomic mass is 10.0. The van der Waals surface area contributed by atoms with Crippen LogP contribution in [-0.2, 0) is 17.4 Å². The standard InChI is InChI=1S/C18H15F3O3/c19-18(20,21)14-6-1-12(2-7-14)3-8-15(22)9-4-13-5-10-16(23)17(24)11-13/h1-2,4-7,9-11,23-24H,3,8H2/b9-4+. The van der Waals surface area contributed by atoms with E-state index in [9.17, 15) is 28.2 Å². The molecule has 0 saturated carbocycles. The second kappa shape index (κ2) is 7.21. The highest BCUT2D eigenvalue weighted by Crippen LogP contribution is 2.29. The van der Waals surface area contributed by atoms with Crippen LogP contribution in [0.2, 0.25) is 0 Å². The number of carbonyl (C=O) groups is 1. The summed E-state index contributed by atoms with van der Waals surface area (Å²) in [5.41, 5.74) is 0.477. The number of aryl methyl sites for hydroxylation is 1. The van der Waals surface area contributed by atoms with Gasteiger partial charge in [-0.3, -0.25) is 4.79 Å². The third kappa shape index (κ3) is 4.87. The Morgan fingerprint density at radius 1 is 1.00 bits per heavy atom. The Hall–Kier alpha value is -2.76. The van der Waals surface area contributed by atoms with Gasteiger partial charge in [0.1, 0.15) is 0 Å². The first-order valence-corrected chi connectivity index (χ1v) is 7.15. The lowest BCUT2D eigenvalue weighted by Gasteiger charge is -2.07. The molecule has 2 aromatic carbocycles. The number of aromatic hydroxyl groups is 2. The lowest BCUT2D eigenvalue weighted by Crippen LogP contribution is -2.04. The molecule has 0 unspecified atom stereocenters. The third-order valence-corrected chi connectivity index (χ3v) is 3.40. The first kappa shape index (κ1) is 17.6. The minimum atomic E-state index is -4.37. The van der Waals surface area contributed by atoms with Crippen molar-refractivity contribution >= 4 is 11.9 Å². The lowest BCUT2D eigenvalue weighted by molar-refractivity contribution is -0.137. The number of carbonyl (C=O) groups excluding carboxylic acids is 1. The minimum Gasteiger partial charge on any atom is -0.504 e. The van der Waals surface area contributed by atoms with Crippen LogP contribution in [0, 0.1) is 0 Å². The summed E-state index contributed by atoms with van der Waals surface area (Å²) in [5.74, 6) is -0.724. The maximum absolute atomic E-state index is 12.5. The van der Waals surface area contributed by atoms with Crippen molar-refractivity contribution in [3.05, 3.63) is 65.2 Å². The molecule has 0 fully saturated rings. The number of allylic oxidation sites excluding steroid dienone is 1. The molecule has 6 heteroatoms. The summed E-state index contributed by atoms with van der Waals surface area (Å²) in [6, 6.07) is 8.87. The van der Waals surface area contributed by atoms with Gasteiger partial charge in [0.05, 0.1) is 5.56 Å². The van der Waals surface area contributed by atoms with Gasteiger partial charge in [-0.05, 0) is 47.9 Å². The van der Waals surface area contributed by atoms with E-state index >= 15 is 0 Å². The molecular formula is C18H15F3O3. The van der Waals surface area contributed by atoms with Gasteiger partial charge in [-0.1, -0.05) is 24.3 Å². The van der Waals surface area contributed by atoms with Gasteiger partial charge in [-0.2, -0.15) is 13.2 Å². The highest BCUT2D eigenvalue weighted by atomic mass is 19.4. The van der Waals surface area contributed by atoms with E-state index < -0.39 is 11.7 Å². The monoisotopic (exact) mass is 336 g/mol. The summed E-state index contributed by atoms with van der Waals surface area (Å²) >= 11 is 0. The van der Waals surface area contributed by atoms with Crippen LogP contribution < -0.4 is 0 Å². The molecule has 24 heavy (non-hydrogen) atoms. The van der Waals surface area contributed by atoms with Crippen molar-refractivity contribution in [2.24, 2.45) is 0 Å². The highest BCUT2D eigenvalue weighted by molar-refractivity contribution is 5.93. The number of benzene rings is 2. The van der Waals surface area contributed by atoms with Crippen LogP contribution in [0.25, 0.3) is 6.08 Å². The van der Waals surface area contributed by atoms with Gasteiger partial charge < -0.3 is 10.2 Å². The van der Waals surface area contributed by atoms with E-state index in [1.54, 1.807) is 0 Å². The Morgan fingerprint density at radius 3 is 2.25 bits per heavy atom. The Balaban J connectivity index is 1.91. The topological polar surface area (TPSA) is 57.5 Å². The van der Waals surface area contributed by atoms with Gasteiger partial charge in [0, 0.05) is 6.42 Å². The van der Waals surface area contributed by atoms with Crippen molar-refractivity contribution in [2.45, 2.75) is 19.0 Å². The van der Waals surface area contributed by atoms with Crippen LogP contribution in [0.5, 0.6) is 11.5 Å². The highest BCUT2D eigenvalue weighted by Gasteiger charge is 2.29. The van der Waals surface area contributed by atoms with Gasteiger partial charge in [-0.25, -0.2) is 0 Å². The average Bonchev–Trinajstić information content (AvgIpc) is 2.53. The number of ketones is 1. The molecule has 0 atom stereocenters. The zero-order valence-corrected chi connectivity index (χ0v) is 12.5. The molecule has 0 heterocycles. The Morgan fingerprint density at radius 2 is 1.67 bits per heavy atom. The molecule has 3 nitrogen and oxygen atoms in total. The second-order valence-corrected chi connectivity index (χ2v) is 5.24. The predicted octanol–water partition coefficient (Wildman–Crippen LogP) is 4.33. The molecule has 0 aromatic heterocycles. The van der Waals surface area contributed by atoms with E-state index in [1.807, 2.05) is 0 Å². The SMILES string of the molecule is O=C(/C=C/c1ccc(O)c(O)c1)CCc1ccc(C(F)(F)F)cc1. The van der Waals surface area contributed by atoms with Crippen molar-refractivity contribution in [1.29, 1.82) is 0 Å². The zero-order valence-electron chi connectivity index (χ0n) is 12.5. The van der Waals surface area contributed by atoms with Gasteiger partial charge in [0.15, 0.2) is 17.3 Å². The van der Waals surface area contributed by atoms with Crippen LogP contribution in [0.1, 0.15) is 23.1 Å². The normalized spacial score (nSPS) is 11.8. The molecule has 0 radical (unpaired) electrons. The molecular weight excluding hydrogens is 321 g/mol. The van der Waals surface area contributed by atoms with Crippen LogP contribution in [0.3, 0.4) is 0 Å². The van der Waals surface area contributed by atoms with E-state index in [4.69, 9.17) is 0 Å². The molecule has 2 N–H and O–H groups in total. The second-order valence-electron chi connectivity index (χ2n) is 5.24. The summed E-state index contributed by atoms with van der Waals surface area (Å²) in [5, 5.41) is 18.5. The molecule has 0 saturated heterocycles. The van der Waals surface area contributed by atoms with Crippen molar-refractivity contribution in [3.63, 3.8) is 0 Å². The number of phenols is 2. The van der Waals surface area contributed by atoms with Crippen molar-refractivity contribution < 1.29 is 28.2 Å². The Bertz CT molecular complexity index is 747. The molecule has 2 aromatic rings. The summed E-state index contributed by atoms with van der Waals surface area (Å²) in [6.45, 7) is 0. The van der Waals surface area contributed by atoms with Crippen molar-refractivity contribution in [3.8, 4) is 11.5 Å². The van der Waals surface area contributed by atoms with E-state index in [-0.39, 0.29) is 23.7 Å². The predicted molar refractivity (Wildman–Crippen MR) is 83.6 cm³/mol. The largest absolute Gasteiger partial charge is 0.504 e. The van der Waals surface area contributed by atoms with E-state index in [1.165, 1.54) is 42.5 Å². The van der Waals surface area contributed by atoms with Gasteiger partial charge in [0.25, 0.3) is 0 Å². The van der Waals surface area contributed by atoms with E-state index in [0.717, 1.165) is 12.1 Å². The molecule has 2 rings (SSSR count). The first-order chi connectivity index (χ1) is 11.3. The van der Waals surface area contributed by atoms with Crippen molar-refractivity contribution in [2.75, 3.05) is 0 Å². The smallest absolute Gasteiger partial charge is 0.416 e. The fourth-order valence-corrected chi connectivity index (χ4v) is 2.04. The van der Waals surface area contributed by atoms with Gasteiger partial charge in [-0.15, -0.1) is 0 Å². The zero-order chi connectivity index (χ0) is 17.7. The quantitative estimate of drug-likeness (QED) is 0.631. The summed E-state index contributed by atoms with van der Waals surface area (Å²) in [4.78, 5) is 11.8. The molecule has 0 aliphatic carbocycles. The maximum Gasteiger partial charge on any atom is 0.416 e. The number of rotatable bonds is 5. The number of phenolic OH excluding ortho intramolecular Hbond substituents is 2. The molecule has 0 aliphatic heterocycles. The number of halogens is 3. The van der Waals surface area contributed by atoms with Crippen LogP contribution in [0.4, 0.5) is 13.2 Å². The molecule has 0 spiro atoms. The molecule has 126 valence electrons. The Labute approximate surface area is 136 Å². The van der Waals surface area contributed by atoms with E-state index in [0.29, 0.717) is 17.5 Å². The Kier molecular flexibility index (Phi) is 5.28. The number of hydrogen-bond donors (Lipinski definition) is 2. The van der Waals surface area contributed by atoms with Gasteiger partial charge >= 0.3 is 6.18 Å². The van der Waals surface area contributed by atoms with Gasteiger partial charge in [0.2, 0.25) is 0 Å². The molecule has 0 bridgehead atoms. The first-order valence-electron chi connectivity index (χ1n) is 7.15. The van der Waals surface area contributed by atoms with E-state index in [2.05, 4.69) is 0 Å². The maximum atomic E-state index is 12.5. The summed E-state index contributed by atoms with van der Waals surface area (Å²) in [6.07, 6.45) is -1.05. The summed E-state index contributed by atoms with van der Waals surface area (Å²) < 4.78 is 37.4. The fourth-order valence-electron chi connectivity index (χ4n) is 2.04. The number of alkyl halides is 3. The summed E-state index contributed by atoms with van der Waals surface area (Å²) in [7, 11) is 0. The van der Waals surface area contributed by atoms with Crippen LogP contribution >= 0.6 is 0 Å². The molecule has 0 aliphatic rings. The average molecular weight is 336 g/mol. The minimum absolute atomic E-state index is 0.159. The van der Waals surface area contributed by atoms with Crippen molar-refractivity contribution in [1.82, 2.24) is 0 Å². The van der Waals surface area contributed by atoms with Crippen LogP contribution in [0.15, 0.2) is 48.5 Å². The number of hydrogen-bond acceptors (Lipinski definition) is 3. The third-order valence-electron chi connectivity index (χ3n) is 3.40. The molecule has 0 amide bonds.